The highest BCUT2D eigenvalue weighted by Crippen LogP contribution is 2.33. The van der Waals surface area contributed by atoms with Crippen molar-refractivity contribution in [2.75, 3.05) is 31.1 Å². The van der Waals surface area contributed by atoms with Gasteiger partial charge in [-0.05, 0) is 42.5 Å². The summed E-state index contributed by atoms with van der Waals surface area (Å²) in [4.78, 5) is 4.37. The molecule has 1 heterocycles. The highest BCUT2D eigenvalue weighted by molar-refractivity contribution is 8.32. The van der Waals surface area contributed by atoms with Gasteiger partial charge in [0.15, 0.2) is 0 Å². The number of benzene rings is 1. The zero-order chi connectivity index (χ0) is 16.2. The average Bonchev–Trinajstić information content (AvgIpc) is 2.90. The minimum Gasteiger partial charge on any atom is -0.360 e. The van der Waals surface area contributed by atoms with E-state index in [2.05, 4.69) is 30.3 Å². The molecule has 1 aromatic carbocycles. The molecule has 0 unspecified atom stereocenters. The fourth-order valence-corrected chi connectivity index (χ4v) is 2.65. The van der Waals surface area contributed by atoms with Crippen molar-refractivity contribution in [3.63, 3.8) is 0 Å². The number of imidazole rings is 1. The van der Waals surface area contributed by atoms with Crippen LogP contribution in [0.15, 0.2) is 37.2 Å². The van der Waals surface area contributed by atoms with Crippen LogP contribution in [0.1, 0.15) is 5.56 Å². The van der Waals surface area contributed by atoms with Gasteiger partial charge in [-0.2, -0.15) is 0 Å². The highest BCUT2D eigenvalue weighted by atomic mass is 32.3. The lowest BCUT2D eigenvalue weighted by molar-refractivity contribution is 0.0907. The molecule has 2 rings (SSSR count). The molecule has 0 bridgehead atoms. The van der Waals surface area contributed by atoms with E-state index in [4.69, 9.17) is 4.74 Å². The lowest BCUT2D eigenvalue weighted by Crippen LogP contribution is -2.10. The predicted octanol–water partition coefficient (Wildman–Crippen LogP) is 4.00. The van der Waals surface area contributed by atoms with E-state index in [-0.39, 0.29) is 5.82 Å². The molecular formula is C17H23FN2OS. The predicted molar refractivity (Wildman–Crippen MR) is 93.9 cm³/mol. The van der Waals surface area contributed by atoms with Crippen molar-refractivity contribution in [2.24, 2.45) is 0 Å². The molecule has 0 saturated heterocycles. The largest absolute Gasteiger partial charge is 0.360 e. The Hall–Kier alpha value is -1.59. The number of halogens is 1. The summed E-state index contributed by atoms with van der Waals surface area (Å²) in [6, 6.07) is 4.63. The van der Waals surface area contributed by atoms with Gasteiger partial charge in [-0.3, -0.25) is 0 Å². The van der Waals surface area contributed by atoms with Gasteiger partial charge in [0.2, 0.25) is 0 Å². The molecular weight excluding hydrogens is 299 g/mol. The van der Waals surface area contributed by atoms with Crippen LogP contribution in [0.3, 0.4) is 0 Å². The average molecular weight is 322 g/mol. The van der Waals surface area contributed by atoms with Crippen molar-refractivity contribution < 1.29 is 9.13 Å². The second kappa shape index (κ2) is 7.11. The van der Waals surface area contributed by atoms with Crippen LogP contribution in [0.5, 0.6) is 0 Å². The maximum Gasteiger partial charge on any atom is 0.142 e. The molecule has 0 N–H and O–H groups in total. The lowest BCUT2D eigenvalue weighted by Gasteiger charge is -2.24. The van der Waals surface area contributed by atoms with E-state index < -0.39 is 10.0 Å². The van der Waals surface area contributed by atoms with E-state index in [1.54, 1.807) is 18.3 Å². The van der Waals surface area contributed by atoms with Crippen molar-refractivity contribution in [3.8, 4) is 11.4 Å². The highest BCUT2D eigenvalue weighted by Gasteiger charge is 2.11. The third kappa shape index (κ3) is 4.45. The summed E-state index contributed by atoms with van der Waals surface area (Å²) in [6.07, 6.45) is 12.1. The Morgan fingerprint density at radius 2 is 2.14 bits per heavy atom. The summed E-state index contributed by atoms with van der Waals surface area (Å²) in [5, 5.41) is 0. The second-order valence-corrected chi connectivity index (χ2v) is 10.6. The van der Waals surface area contributed by atoms with Crippen molar-refractivity contribution in [2.45, 2.75) is 6.73 Å². The molecule has 0 aliphatic carbocycles. The molecule has 0 amide bonds. The molecule has 0 saturated carbocycles. The molecule has 120 valence electrons. The van der Waals surface area contributed by atoms with Gasteiger partial charge in [0.05, 0.1) is 6.61 Å². The molecule has 1 aromatic heterocycles. The second-order valence-electron chi connectivity index (χ2n) is 5.99. The monoisotopic (exact) mass is 322 g/mol. The zero-order valence-corrected chi connectivity index (χ0v) is 14.2. The quantitative estimate of drug-likeness (QED) is 0.721. The summed E-state index contributed by atoms with van der Waals surface area (Å²) >= 11 is 0. The maximum atomic E-state index is 13.3. The molecule has 0 radical (unpaired) electrons. The first-order valence-corrected chi connectivity index (χ1v) is 10.1. The molecule has 3 nitrogen and oxygen atoms in total. The van der Waals surface area contributed by atoms with Crippen LogP contribution in [0.4, 0.5) is 4.39 Å². The summed E-state index contributed by atoms with van der Waals surface area (Å²) in [6.45, 7) is 4.92. The maximum absolute atomic E-state index is 13.3. The number of aromatic nitrogens is 2. The van der Waals surface area contributed by atoms with Crippen molar-refractivity contribution in [1.29, 1.82) is 0 Å². The first-order valence-electron chi connectivity index (χ1n) is 7.08. The van der Waals surface area contributed by atoms with Gasteiger partial charge in [0, 0.05) is 23.7 Å². The van der Waals surface area contributed by atoms with Crippen molar-refractivity contribution in [1.82, 2.24) is 9.55 Å². The molecule has 0 atom stereocenters. The SMILES string of the molecule is C=Cc1cc(F)ccc1-c1nccn1COCCS(C)(C)C. The van der Waals surface area contributed by atoms with E-state index >= 15 is 0 Å². The van der Waals surface area contributed by atoms with Gasteiger partial charge in [0.25, 0.3) is 0 Å². The topological polar surface area (TPSA) is 27.1 Å². The molecule has 0 fully saturated rings. The number of nitrogens with zero attached hydrogens (tertiary/aromatic N) is 2. The first-order chi connectivity index (χ1) is 10.4. The van der Waals surface area contributed by atoms with Crippen LogP contribution in [0.25, 0.3) is 17.5 Å². The van der Waals surface area contributed by atoms with Crippen LogP contribution in [-0.2, 0) is 11.5 Å². The van der Waals surface area contributed by atoms with Crippen molar-refractivity contribution in [3.05, 3.63) is 48.6 Å². The van der Waals surface area contributed by atoms with E-state index in [9.17, 15) is 4.39 Å². The Morgan fingerprint density at radius 1 is 1.36 bits per heavy atom. The summed E-state index contributed by atoms with van der Waals surface area (Å²) < 4.78 is 21.0. The summed E-state index contributed by atoms with van der Waals surface area (Å²) in [5.74, 6) is 1.56. The van der Waals surface area contributed by atoms with E-state index in [0.717, 1.165) is 29.3 Å². The van der Waals surface area contributed by atoms with Crippen LogP contribution in [-0.4, -0.2) is 40.7 Å². The Kier molecular flexibility index (Phi) is 5.42. The minimum absolute atomic E-state index is 0.277. The third-order valence-electron chi connectivity index (χ3n) is 3.26. The number of rotatable bonds is 7. The number of hydrogen-bond donors (Lipinski definition) is 0. The van der Waals surface area contributed by atoms with E-state index in [0.29, 0.717) is 6.73 Å². The van der Waals surface area contributed by atoms with Crippen LogP contribution in [0.2, 0.25) is 0 Å². The molecule has 0 spiro atoms. The standard InChI is InChI=1S/C17H23FN2OS/c1-5-14-12-15(18)6-7-16(14)17-19-8-9-20(17)13-21-10-11-22(2,3)4/h5-9,12H,1,10-11,13H2,2-4H3. The number of ether oxygens (including phenoxy) is 1. The zero-order valence-electron chi connectivity index (χ0n) is 13.4. The van der Waals surface area contributed by atoms with Crippen LogP contribution < -0.4 is 0 Å². The molecule has 0 aliphatic rings. The normalized spacial score (nSPS) is 12.4. The molecule has 0 aliphatic heterocycles. The Bertz CT molecular complexity index is 646. The molecule has 22 heavy (non-hydrogen) atoms. The Labute approximate surface area is 133 Å². The fraction of sp³-hybridized carbons (Fsp3) is 0.353. The fourth-order valence-electron chi connectivity index (χ4n) is 2.04. The van der Waals surface area contributed by atoms with Gasteiger partial charge in [-0.25, -0.2) is 19.4 Å². The lowest BCUT2D eigenvalue weighted by atomic mass is 10.1. The summed E-state index contributed by atoms with van der Waals surface area (Å²) in [7, 11) is -0.548. The van der Waals surface area contributed by atoms with Crippen LogP contribution >= 0.6 is 10.0 Å². The van der Waals surface area contributed by atoms with Crippen LogP contribution in [0, 0.1) is 5.82 Å². The smallest absolute Gasteiger partial charge is 0.142 e. The third-order valence-corrected chi connectivity index (χ3v) is 4.65. The van der Waals surface area contributed by atoms with E-state index in [1.165, 1.54) is 12.1 Å². The van der Waals surface area contributed by atoms with Crippen molar-refractivity contribution >= 4 is 16.1 Å². The molecule has 2 aromatic rings. The van der Waals surface area contributed by atoms with Gasteiger partial charge in [0.1, 0.15) is 18.4 Å². The first kappa shape index (κ1) is 16.8. The Balaban J connectivity index is 2.11. The summed E-state index contributed by atoms with van der Waals surface area (Å²) in [5.41, 5.74) is 1.58. The Morgan fingerprint density at radius 3 is 2.82 bits per heavy atom. The van der Waals surface area contributed by atoms with Gasteiger partial charge in [-0.1, -0.05) is 12.7 Å². The molecule has 5 heteroatoms. The van der Waals surface area contributed by atoms with Gasteiger partial charge in [-0.15, -0.1) is 0 Å². The van der Waals surface area contributed by atoms with Gasteiger partial charge < -0.3 is 9.30 Å². The van der Waals surface area contributed by atoms with E-state index in [1.807, 2.05) is 10.8 Å². The van der Waals surface area contributed by atoms with Gasteiger partial charge >= 0.3 is 0 Å². The number of hydrogen-bond acceptors (Lipinski definition) is 2. The minimum atomic E-state index is -0.548.